The summed E-state index contributed by atoms with van der Waals surface area (Å²) < 4.78 is 11.1. The van der Waals surface area contributed by atoms with Crippen molar-refractivity contribution < 1.29 is 9.15 Å². The molecule has 0 unspecified atom stereocenters. The number of rotatable bonds is 2. The SMILES string of the molecule is O=c1c(CN2CCOCC2)coc2cc3ccccc3cc12. The van der Waals surface area contributed by atoms with Crippen molar-refractivity contribution in [1.29, 1.82) is 0 Å². The lowest BCUT2D eigenvalue weighted by Crippen LogP contribution is -2.36. The molecule has 2 heterocycles. The number of morpholine rings is 1. The van der Waals surface area contributed by atoms with E-state index in [1.54, 1.807) is 6.26 Å². The first kappa shape index (κ1) is 13.5. The normalized spacial score (nSPS) is 16.4. The summed E-state index contributed by atoms with van der Waals surface area (Å²) in [5.74, 6) is 0. The molecule has 4 rings (SSSR count). The second-order valence-electron chi connectivity index (χ2n) is 5.67. The van der Waals surface area contributed by atoms with Gasteiger partial charge in [-0.25, -0.2) is 0 Å². The zero-order valence-corrected chi connectivity index (χ0v) is 12.2. The van der Waals surface area contributed by atoms with E-state index in [4.69, 9.17) is 9.15 Å². The molecule has 1 aliphatic rings. The lowest BCUT2D eigenvalue weighted by Gasteiger charge is -2.26. The summed E-state index contributed by atoms with van der Waals surface area (Å²) in [6.07, 6.45) is 1.61. The van der Waals surface area contributed by atoms with Gasteiger partial charge in [-0.05, 0) is 22.9 Å². The summed E-state index contributed by atoms with van der Waals surface area (Å²) in [6, 6.07) is 11.9. The van der Waals surface area contributed by atoms with Gasteiger partial charge in [-0.15, -0.1) is 0 Å². The Morgan fingerprint density at radius 2 is 1.77 bits per heavy atom. The second-order valence-corrected chi connectivity index (χ2v) is 5.67. The standard InChI is InChI=1S/C18H17NO3/c20-18-15(11-19-5-7-21-8-6-19)12-22-17-10-14-4-2-1-3-13(14)9-16(17)18/h1-4,9-10,12H,5-8,11H2. The Morgan fingerprint density at radius 1 is 1.05 bits per heavy atom. The fourth-order valence-electron chi connectivity index (χ4n) is 2.96. The molecule has 2 aromatic carbocycles. The van der Waals surface area contributed by atoms with Crippen LogP contribution in [0.5, 0.6) is 0 Å². The smallest absolute Gasteiger partial charge is 0.197 e. The van der Waals surface area contributed by atoms with E-state index >= 15 is 0 Å². The highest BCUT2D eigenvalue weighted by molar-refractivity contribution is 5.95. The lowest BCUT2D eigenvalue weighted by atomic mass is 10.1. The van der Waals surface area contributed by atoms with Gasteiger partial charge >= 0.3 is 0 Å². The number of nitrogens with zero attached hydrogens (tertiary/aromatic N) is 1. The van der Waals surface area contributed by atoms with Crippen molar-refractivity contribution in [1.82, 2.24) is 4.90 Å². The summed E-state index contributed by atoms with van der Waals surface area (Å²) in [6.45, 7) is 3.78. The molecule has 1 aromatic heterocycles. The molecule has 112 valence electrons. The van der Waals surface area contributed by atoms with Gasteiger partial charge in [0.15, 0.2) is 5.43 Å². The van der Waals surface area contributed by atoms with Crippen LogP contribution in [0.25, 0.3) is 21.7 Å². The number of benzene rings is 2. The highest BCUT2D eigenvalue weighted by atomic mass is 16.5. The van der Waals surface area contributed by atoms with Crippen LogP contribution >= 0.6 is 0 Å². The Morgan fingerprint density at radius 3 is 2.55 bits per heavy atom. The molecule has 0 amide bonds. The average Bonchev–Trinajstić information content (AvgIpc) is 2.57. The highest BCUT2D eigenvalue weighted by Gasteiger charge is 2.14. The number of hydrogen-bond donors (Lipinski definition) is 0. The van der Waals surface area contributed by atoms with Crippen LogP contribution < -0.4 is 5.43 Å². The largest absolute Gasteiger partial charge is 0.464 e. The Labute approximate surface area is 127 Å². The van der Waals surface area contributed by atoms with Gasteiger partial charge in [-0.3, -0.25) is 9.69 Å². The summed E-state index contributed by atoms with van der Waals surface area (Å²) in [5, 5.41) is 2.80. The molecule has 22 heavy (non-hydrogen) atoms. The van der Waals surface area contributed by atoms with E-state index in [0.717, 1.165) is 37.1 Å². The topological polar surface area (TPSA) is 42.7 Å². The van der Waals surface area contributed by atoms with Crippen LogP contribution in [0.1, 0.15) is 5.56 Å². The molecule has 0 saturated carbocycles. The predicted molar refractivity (Wildman–Crippen MR) is 86.1 cm³/mol. The van der Waals surface area contributed by atoms with E-state index in [1.165, 1.54) is 0 Å². The average molecular weight is 295 g/mol. The first-order valence-electron chi connectivity index (χ1n) is 7.54. The van der Waals surface area contributed by atoms with Gasteiger partial charge in [-0.2, -0.15) is 0 Å². The molecule has 4 heteroatoms. The lowest BCUT2D eigenvalue weighted by molar-refractivity contribution is 0.0339. The molecule has 0 radical (unpaired) electrons. The van der Waals surface area contributed by atoms with Gasteiger partial charge < -0.3 is 9.15 Å². The van der Waals surface area contributed by atoms with E-state index < -0.39 is 0 Å². The number of ether oxygens (including phenoxy) is 1. The van der Waals surface area contributed by atoms with Gasteiger partial charge in [0.05, 0.1) is 24.9 Å². The molecule has 1 fully saturated rings. The number of hydrogen-bond acceptors (Lipinski definition) is 4. The molecular formula is C18H17NO3. The molecule has 0 bridgehead atoms. The highest BCUT2D eigenvalue weighted by Crippen LogP contribution is 2.21. The van der Waals surface area contributed by atoms with Gasteiger partial charge in [0.25, 0.3) is 0 Å². The Hall–Kier alpha value is -2.17. The van der Waals surface area contributed by atoms with Crippen LogP contribution in [-0.2, 0) is 11.3 Å². The van der Waals surface area contributed by atoms with Crippen molar-refractivity contribution in [2.24, 2.45) is 0 Å². The van der Waals surface area contributed by atoms with Crippen molar-refractivity contribution in [3.63, 3.8) is 0 Å². The fraction of sp³-hybridized carbons (Fsp3) is 0.278. The molecular weight excluding hydrogens is 278 g/mol. The summed E-state index contributed by atoms with van der Waals surface area (Å²) in [7, 11) is 0. The summed E-state index contributed by atoms with van der Waals surface area (Å²) in [4.78, 5) is 15.0. The Kier molecular flexibility index (Phi) is 3.41. The molecule has 0 N–H and O–H groups in total. The zero-order chi connectivity index (χ0) is 14.9. The van der Waals surface area contributed by atoms with Crippen molar-refractivity contribution in [2.45, 2.75) is 6.54 Å². The van der Waals surface area contributed by atoms with E-state index in [0.29, 0.717) is 23.1 Å². The number of fused-ring (bicyclic) bond motifs is 2. The van der Waals surface area contributed by atoms with Gasteiger partial charge in [0, 0.05) is 25.2 Å². The molecule has 0 aliphatic carbocycles. The molecule has 4 nitrogen and oxygen atoms in total. The maximum Gasteiger partial charge on any atom is 0.197 e. The van der Waals surface area contributed by atoms with E-state index in [-0.39, 0.29) is 5.43 Å². The van der Waals surface area contributed by atoms with Crippen LogP contribution in [0, 0.1) is 0 Å². The molecule has 3 aromatic rings. The van der Waals surface area contributed by atoms with Crippen molar-refractivity contribution >= 4 is 21.7 Å². The van der Waals surface area contributed by atoms with E-state index in [9.17, 15) is 4.79 Å². The summed E-state index contributed by atoms with van der Waals surface area (Å²) >= 11 is 0. The second kappa shape index (κ2) is 5.55. The first-order valence-corrected chi connectivity index (χ1v) is 7.54. The van der Waals surface area contributed by atoms with E-state index in [2.05, 4.69) is 4.90 Å². The maximum absolute atomic E-state index is 12.7. The van der Waals surface area contributed by atoms with Crippen molar-refractivity contribution in [2.75, 3.05) is 26.3 Å². The van der Waals surface area contributed by atoms with Crippen LogP contribution in [0.15, 0.2) is 51.9 Å². The van der Waals surface area contributed by atoms with E-state index in [1.807, 2.05) is 36.4 Å². The molecule has 0 spiro atoms. The minimum absolute atomic E-state index is 0.0681. The van der Waals surface area contributed by atoms with Gasteiger partial charge in [-0.1, -0.05) is 24.3 Å². The maximum atomic E-state index is 12.7. The van der Waals surface area contributed by atoms with Crippen molar-refractivity contribution in [3.8, 4) is 0 Å². The van der Waals surface area contributed by atoms with Crippen LogP contribution in [0.3, 0.4) is 0 Å². The summed E-state index contributed by atoms with van der Waals surface area (Å²) in [5.41, 5.74) is 1.43. The van der Waals surface area contributed by atoms with Crippen LogP contribution in [0.2, 0.25) is 0 Å². The molecule has 1 saturated heterocycles. The monoisotopic (exact) mass is 295 g/mol. The van der Waals surface area contributed by atoms with Crippen LogP contribution in [-0.4, -0.2) is 31.2 Å². The van der Waals surface area contributed by atoms with Crippen LogP contribution in [0.4, 0.5) is 0 Å². The predicted octanol–water partition coefficient (Wildman–Crippen LogP) is 2.78. The zero-order valence-electron chi connectivity index (χ0n) is 12.2. The minimum atomic E-state index is 0.0681. The van der Waals surface area contributed by atoms with Crippen molar-refractivity contribution in [3.05, 3.63) is 58.4 Å². The van der Waals surface area contributed by atoms with Gasteiger partial charge in [0.2, 0.25) is 0 Å². The fourth-order valence-corrected chi connectivity index (χ4v) is 2.96. The third kappa shape index (κ3) is 2.40. The minimum Gasteiger partial charge on any atom is -0.464 e. The van der Waals surface area contributed by atoms with Gasteiger partial charge in [0.1, 0.15) is 5.58 Å². The Bertz CT molecular complexity index is 878. The first-order chi connectivity index (χ1) is 10.8. The molecule has 0 atom stereocenters. The Balaban J connectivity index is 1.78. The quantitative estimate of drug-likeness (QED) is 0.682. The molecule has 1 aliphatic heterocycles. The third-order valence-corrected chi connectivity index (χ3v) is 4.21. The third-order valence-electron chi connectivity index (χ3n) is 4.21.